The number of carbonyl (C=O) groups is 1. The van der Waals surface area contributed by atoms with E-state index in [4.69, 9.17) is 9.84 Å². The summed E-state index contributed by atoms with van der Waals surface area (Å²) in [5.74, 6) is -1.20. The van der Waals surface area contributed by atoms with Gasteiger partial charge in [0.1, 0.15) is 18.1 Å². The molecule has 0 bridgehead atoms. The zero-order valence-corrected chi connectivity index (χ0v) is 19.9. The van der Waals surface area contributed by atoms with Gasteiger partial charge in [-0.2, -0.15) is 5.10 Å². The molecule has 0 fully saturated rings. The molecule has 14 heteroatoms. The van der Waals surface area contributed by atoms with Crippen LogP contribution in [0.3, 0.4) is 0 Å². The van der Waals surface area contributed by atoms with Crippen molar-refractivity contribution in [2.45, 2.75) is 11.3 Å². The summed E-state index contributed by atoms with van der Waals surface area (Å²) in [7, 11) is -4.28. The Morgan fingerprint density at radius 3 is 2.70 bits per heavy atom. The highest BCUT2D eigenvalue weighted by Gasteiger charge is 2.29. The van der Waals surface area contributed by atoms with Crippen molar-refractivity contribution in [3.8, 4) is 28.1 Å². The van der Waals surface area contributed by atoms with Gasteiger partial charge in [0.15, 0.2) is 4.90 Å². The highest BCUT2D eigenvalue weighted by atomic mass is 32.2. The van der Waals surface area contributed by atoms with Crippen molar-refractivity contribution in [2.75, 3.05) is 19.8 Å². The summed E-state index contributed by atoms with van der Waals surface area (Å²) in [6.07, 6.45) is 2.95. The van der Waals surface area contributed by atoms with Gasteiger partial charge in [0.25, 0.3) is 5.69 Å². The van der Waals surface area contributed by atoms with Crippen molar-refractivity contribution >= 4 is 32.6 Å². The summed E-state index contributed by atoms with van der Waals surface area (Å²) < 4.78 is 33.0. The summed E-state index contributed by atoms with van der Waals surface area (Å²) >= 11 is 0. The van der Waals surface area contributed by atoms with E-state index in [0.29, 0.717) is 27.7 Å². The number of para-hydroxylation sites is 1. The molecule has 0 spiro atoms. The Morgan fingerprint density at radius 2 is 1.97 bits per heavy atom. The largest absolute Gasteiger partial charge is 0.506 e. The van der Waals surface area contributed by atoms with Gasteiger partial charge in [-0.1, -0.05) is 12.1 Å². The van der Waals surface area contributed by atoms with Gasteiger partial charge in [0, 0.05) is 30.3 Å². The van der Waals surface area contributed by atoms with Crippen LogP contribution in [0.5, 0.6) is 5.75 Å². The first-order valence-corrected chi connectivity index (χ1v) is 12.3. The number of nitro benzene ring substituents is 1. The highest BCUT2D eigenvalue weighted by Crippen LogP contribution is 2.38. The molecule has 4 N–H and O–H groups in total. The van der Waals surface area contributed by atoms with Crippen LogP contribution in [0.4, 0.5) is 5.69 Å². The monoisotopic (exact) mass is 527 g/mol. The number of aliphatic carboxylic acids is 1. The molecule has 0 aliphatic carbocycles. The molecule has 0 unspecified atom stereocenters. The number of rotatable bonds is 11. The molecule has 4 aromatic rings. The molecule has 0 radical (unpaired) electrons. The van der Waals surface area contributed by atoms with Gasteiger partial charge in [-0.15, -0.1) is 0 Å². The maximum absolute atomic E-state index is 12.9. The van der Waals surface area contributed by atoms with Crippen molar-refractivity contribution in [2.24, 2.45) is 0 Å². The Bertz CT molecular complexity index is 1590. The van der Waals surface area contributed by atoms with Crippen molar-refractivity contribution in [3.63, 3.8) is 0 Å². The number of hydrogen-bond donors (Lipinski definition) is 4. The summed E-state index contributed by atoms with van der Waals surface area (Å²) in [5.41, 5.74) is 1.47. The Labute approximate surface area is 209 Å². The predicted octanol–water partition coefficient (Wildman–Crippen LogP) is 2.68. The second-order valence-electron chi connectivity index (χ2n) is 7.87. The SMILES string of the molecule is O=C(O)COCCCNS(=O)(=O)c1cccc(-c2ccc3[nH]nc(-c4cncc(O)c4)c3c2)c1[N+](=O)[O-]. The number of sulfonamides is 1. The van der Waals surface area contributed by atoms with Crippen LogP contribution in [0, 0.1) is 10.1 Å². The fourth-order valence-electron chi connectivity index (χ4n) is 3.74. The average molecular weight is 528 g/mol. The number of ether oxygens (including phenoxy) is 1. The average Bonchev–Trinajstić information content (AvgIpc) is 3.29. The van der Waals surface area contributed by atoms with Crippen LogP contribution in [0.25, 0.3) is 33.3 Å². The van der Waals surface area contributed by atoms with E-state index >= 15 is 0 Å². The van der Waals surface area contributed by atoms with Crippen LogP contribution in [-0.2, 0) is 19.6 Å². The summed E-state index contributed by atoms with van der Waals surface area (Å²) in [4.78, 5) is 25.2. The summed E-state index contributed by atoms with van der Waals surface area (Å²) in [5, 5.41) is 38.1. The lowest BCUT2D eigenvalue weighted by molar-refractivity contribution is -0.387. The Kier molecular flexibility index (Phi) is 7.42. The van der Waals surface area contributed by atoms with Gasteiger partial charge < -0.3 is 14.9 Å². The molecule has 0 atom stereocenters. The number of aromatic nitrogens is 3. The predicted molar refractivity (Wildman–Crippen MR) is 131 cm³/mol. The lowest BCUT2D eigenvalue weighted by Gasteiger charge is -2.11. The first-order chi connectivity index (χ1) is 17.7. The van der Waals surface area contributed by atoms with Crippen molar-refractivity contribution in [1.82, 2.24) is 19.9 Å². The smallest absolute Gasteiger partial charge is 0.329 e. The van der Waals surface area contributed by atoms with E-state index in [0.717, 1.165) is 6.07 Å². The van der Waals surface area contributed by atoms with Gasteiger partial charge in [-0.25, -0.2) is 17.9 Å². The van der Waals surface area contributed by atoms with Crippen LogP contribution >= 0.6 is 0 Å². The maximum Gasteiger partial charge on any atom is 0.329 e. The number of H-pyrrole nitrogens is 1. The van der Waals surface area contributed by atoms with Crippen molar-refractivity contribution in [1.29, 1.82) is 0 Å². The Morgan fingerprint density at radius 1 is 1.16 bits per heavy atom. The van der Waals surface area contributed by atoms with E-state index in [1.165, 1.54) is 30.6 Å². The number of carboxylic acid groups (broad SMARTS) is 1. The van der Waals surface area contributed by atoms with Crippen molar-refractivity contribution in [3.05, 3.63) is 65.0 Å². The normalized spacial score (nSPS) is 11.6. The van der Waals surface area contributed by atoms with E-state index in [2.05, 4.69) is 19.9 Å². The maximum atomic E-state index is 12.9. The zero-order valence-electron chi connectivity index (χ0n) is 19.1. The number of pyridine rings is 1. The molecule has 2 aromatic heterocycles. The van der Waals surface area contributed by atoms with E-state index < -0.39 is 38.1 Å². The minimum atomic E-state index is -4.28. The number of benzene rings is 2. The van der Waals surface area contributed by atoms with E-state index in [-0.39, 0.29) is 30.9 Å². The number of fused-ring (bicyclic) bond motifs is 1. The zero-order chi connectivity index (χ0) is 26.6. The Hall–Kier alpha value is -4.40. The third-order valence-electron chi connectivity index (χ3n) is 5.33. The molecule has 2 aromatic carbocycles. The molecule has 0 amide bonds. The third kappa shape index (κ3) is 5.72. The number of nitro groups is 1. The summed E-state index contributed by atoms with van der Waals surface area (Å²) in [6, 6.07) is 10.4. The van der Waals surface area contributed by atoms with Gasteiger partial charge in [0.2, 0.25) is 10.0 Å². The second-order valence-corrected chi connectivity index (χ2v) is 9.61. The second kappa shape index (κ2) is 10.7. The first-order valence-electron chi connectivity index (χ1n) is 10.9. The number of nitrogens with one attached hydrogen (secondary N) is 2. The molecule has 13 nitrogen and oxygen atoms in total. The molecule has 0 aliphatic heterocycles. The first kappa shape index (κ1) is 25.7. The lowest BCUT2D eigenvalue weighted by Crippen LogP contribution is -2.26. The van der Waals surface area contributed by atoms with Crippen molar-refractivity contribution < 1.29 is 33.1 Å². The van der Waals surface area contributed by atoms with Gasteiger partial charge in [0.05, 0.1) is 22.2 Å². The third-order valence-corrected chi connectivity index (χ3v) is 6.82. The molecule has 37 heavy (non-hydrogen) atoms. The van der Waals surface area contributed by atoms with Crippen LogP contribution in [0.1, 0.15) is 6.42 Å². The van der Waals surface area contributed by atoms with Gasteiger partial charge in [-0.05, 0) is 42.3 Å². The molecule has 2 heterocycles. The standard InChI is InChI=1S/C23H21N5O8S/c29-16-9-15(11-24-12-16)22-18-10-14(5-6-19(18)26-27-22)17-3-1-4-20(23(17)28(32)33)37(34,35)25-7-2-8-36-13-21(30)31/h1,3-6,9-12,25,29H,2,7-8,13H2,(H,26,27)(H,30,31). The molecule has 0 saturated heterocycles. The number of hydrogen-bond acceptors (Lipinski definition) is 9. The van der Waals surface area contributed by atoms with Crippen LogP contribution < -0.4 is 4.72 Å². The molecule has 4 rings (SSSR count). The van der Waals surface area contributed by atoms with Gasteiger partial charge in [-0.3, -0.25) is 20.2 Å². The fourth-order valence-corrected chi connectivity index (χ4v) is 5.00. The lowest BCUT2D eigenvalue weighted by atomic mass is 10.0. The Balaban J connectivity index is 1.68. The highest BCUT2D eigenvalue weighted by molar-refractivity contribution is 7.89. The number of carboxylic acids is 1. The fraction of sp³-hybridized carbons (Fsp3) is 0.174. The molecular weight excluding hydrogens is 506 g/mol. The molecular formula is C23H21N5O8S. The minimum absolute atomic E-state index is 0.00128. The molecule has 0 saturated carbocycles. The topological polar surface area (TPSA) is 198 Å². The van der Waals surface area contributed by atoms with Crippen LogP contribution in [0.15, 0.2) is 59.8 Å². The molecule has 192 valence electrons. The molecule has 0 aliphatic rings. The van der Waals surface area contributed by atoms with E-state index in [1.54, 1.807) is 18.2 Å². The number of nitrogens with zero attached hydrogens (tertiary/aromatic N) is 3. The van der Waals surface area contributed by atoms with Crippen LogP contribution in [0.2, 0.25) is 0 Å². The quantitative estimate of drug-likeness (QED) is 0.128. The van der Waals surface area contributed by atoms with E-state index in [1.807, 2.05) is 0 Å². The summed E-state index contributed by atoms with van der Waals surface area (Å²) in [6.45, 7) is -0.616. The van der Waals surface area contributed by atoms with E-state index in [9.17, 15) is 28.4 Å². The number of aromatic hydroxyl groups is 1. The van der Waals surface area contributed by atoms with Crippen LogP contribution in [-0.4, -0.2) is 64.5 Å². The van der Waals surface area contributed by atoms with Gasteiger partial charge >= 0.3 is 5.97 Å². The number of aromatic amines is 1. The minimum Gasteiger partial charge on any atom is -0.506 e.